The molecule has 0 spiro atoms. The van der Waals surface area contributed by atoms with Crippen LogP contribution in [0.3, 0.4) is 0 Å². The average molecular weight is 202 g/mol. The van der Waals surface area contributed by atoms with E-state index in [9.17, 15) is 0 Å². The van der Waals surface area contributed by atoms with Gasteiger partial charge in [-0.3, -0.25) is 4.98 Å². The third-order valence-corrected chi connectivity index (χ3v) is 2.50. The van der Waals surface area contributed by atoms with Crippen molar-refractivity contribution in [2.45, 2.75) is 12.5 Å². The van der Waals surface area contributed by atoms with Gasteiger partial charge in [0.25, 0.3) is 0 Å². The molecule has 15 heavy (non-hydrogen) atoms. The quantitative estimate of drug-likeness (QED) is 0.795. The number of pyridine rings is 1. The molecule has 0 unspecified atom stereocenters. The number of nitrogens with zero attached hydrogens (tertiary/aromatic N) is 1. The van der Waals surface area contributed by atoms with Crippen LogP contribution in [0.1, 0.15) is 18.2 Å². The second-order valence-electron chi connectivity index (χ2n) is 3.54. The summed E-state index contributed by atoms with van der Waals surface area (Å²) in [6.07, 6.45) is 2.30. The van der Waals surface area contributed by atoms with Crippen LogP contribution in [0.4, 0.5) is 0 Å². The number of fused-ring (bicyclic) bond motifs is 1. The fraction of sp³-hybridized carbons (Fsp3) is 0.250. The number of hydrogen-bond acceptors (Lipinski definition) is 3. The largest absolute Gasteiger partial charge is 0.396 e. The highest BCUT2D eigenvalue weighted by molar-refractivity contribution is 5.84. The normalized spacial score (nSPS) is 12.9. The molecule has 1 aromatic carbocycles. The van der Waals surface area contributed by atoms with Gasteiger partial charge < -0.3 is 10.8 Å². The topological polar surface area (TPSA) is 59.1 Å². The van der Waals surface area contributed by atoms with Crippen molar-refractivity contribution >= 4 is 10.8 Å². The maximum absolute atomic E-state index is 8.86. The maximum Gasteiger partial charge on any atom is 0.0650 e. The summed E-state index contributed by atoms with van der Waals surface area (Å²) in [5.41, 5.74) is 6.81. The Balaban J connectivity index is 2.50. The summed E-state index contributed by atoms with van der Waals surface area (Å²) in [6, 6.07) is 9.77. The molecule has 3 heteroatoms. The van der Waals surface area contributed by atoms with E-state index in [4.69, 9.17) is 10.8 Å². The molecule has 0 saturated carbocycles. The average Bonchev–Trinajstić information content (AvgIpc) is 2.28. The monoisotopic (exact) mass is 202 g/mol. The molecule has 0 bridgehead atoms. The van der Waals surface area contributed by atoms with E-state index >= 15 is 0 Å². The molecule has 1 aromatic heterocycles. The van der Waals surface area contributed by atoms with E-state index in [1.165, 1.54) is 0 Å². The lowest BCUT2D eigenvalue weighted by atomic mass is 10.0. The van der Waals surface area contributed by atoms with Crippen LogP contribution in [-0.4, -0.2) is 16.7 Å². The van der Waals surface area contributed by atoms with Gasteiger partial charge in [-0.1, -0.05) is 24.3 Å². The highest BCUT2D eigenvalue weighted by Gasteiger charge is 2.09. The number of rotatable bonds is 3. The molecule has 1 atom stereocenters. The first kappa shape index (κ1) is 10.1. The van der Waals surface area contributed by atoms with Crippen LogP contribution in [0, 0.1) is 0 Å². The van der Waals surface area contributed by atoms with Crippen LogP contribution in [0.15, 0.2) is 36.5 Å². The molecule has 0 radical (unpaired) electrons. The molecule has 3 N–H and O–H groups in total. The number of aromatic nitrogens is 1. The first-order valence-corrected chi connectivity index (χ1v) is 5.03. The molecule has 2 aromatic rings. The predicted molar refractivity (Wildman–Crippen MR) is 60.4 cm³/mol. The Hall–Kier alpha value is -1.45. The van der Waals surface area contributed by atoms with E-state index in [1.54, 1.807) is 6.20 Å². The highest BCUT2D eigenvalue weighted by Crippen LogP contribution is 2.21. The van der Waals surface area contributed by atoms with Crippen LogP contribution < -0.4 is 5.73 Å². The lowest BCUT2D eigenvalue weighted by Gasteiger charge is -2.11. The molecule has 78 valence electrons. The zero-order chi connectivity index (χ0) is 10.7. The molecule has 0 saturated heterocycles. The van der Waals surface area contributed by atoms with Crippen LogP contribution >= 0.6 is 0 Å². The van der Waals surface area contributed by atoms with Crippen molar-refractivity contribution < 1.29 is 5.11 Å². The lowest BCUT2D eigenvalue weighted by Crippen LogP contribution is -2.13. The van der Waals surface area contributed by atoms with Gasteiger partial charge in [-0.2, -0.15) is 0 Å². The van der Waals surface area contributed by atoms with Crippen molar-refractivity contribution in [2.75, 3.05) is 6.61 Å². The third kappa shape index (κ3) is 1.98. The number of hydrogen-bond donors (Lipinski definition) is 2. The molecular weight excluding hydrogens is 188 g/mol. The van der Waals surface area contributed by atoms with Crippen molar-refractivity contribution in [3.63, 3.8) is 0 Å². The van der Waals surface area contributed by atoms with Crippen LogP contribution in [0.2, 0.25) is 0 Å². The van der Waals surface area contributed by atoms with E-state index in [0.29, 0.717) is 6.42 Å². The molecule has 0 amide bonds. The second-order valence-corrected chi connectivity index (χ2v) is 3.54. The van der Waals surface area contributed by atoms with Crippen molar-refractivity contribution in [1.29, 1.82) is 0 Å². The molecule has 3 nitrogen and oxygen atoms in total. The Morgan fingerprint density at radius 1 is 1.27 bits per heavy atom. The molecule has 0 aliphatic rings. The summed E-state index contributed by atoms with van der Waals surface area (Å²) in [4.78, 5) is 4.29. The minimum absolute atomic E-state index is 0.0894. The minimum Gasteiger partial charge on any atom is -0.396 e. The number of aliphatic hydroxyl groups excluding tert-OH is 1. The van der Waals surface area contributed by atoms with Gasteiger partial charge in [0.15, 0.2) is 0 Å². The standard InChI is InChI=1S/C12H14N2O/c13-11(6-8-15)12-10-4-2-1-3-9(10)5-7-14-12/h1-5,7,11,15H,6,8,13H2/t11-/m0/s1. The number of aliphatic hydroxyl groups is 1. The van der Waals surface area contributed by atoms with E-state index < -0.39 is 0 Å². The smallest absolute Gasteiger partial charge is 0.0650 e. The van der Waals surface area contributed by atoms with Gasteiger partial charge in [0.1, 0.15) is 0 Å². The Labute approximate surface area is 88.6 Å². The van der Waals surface area contributed by atoms with Gasteiger partial charge in [0.2, 0.25) is 0 Å². The van der Waals surface area contributed by atoms with Crippen LogP contribution in [0.25, 0.3) is 10.8 Å². The van der Waals surface area contributed by atoms with Gasteiger partial charge >= 0.3 is 0 Å². The molecule has 0 aliphatic heterocycles. The first-order chi connectivity index (χ1) is 7.33. The molecule has 0 aliphatic carbocycles. The highest BCUT2D eigenvalue weighted by atomic mass is 16.3. The lowest BCUT2D eigenvalue weighted by molar-refractivity contribution is 0.276. The van der Waals surface area contributed by atoms with Crippen molar-refractivity contribution in [2.24, 2.45) is 5.73 Å². The Morgan fingerprint density at radius 2 is 2.07 bits per heavy atom. The molecule has 2 rings (SSSR count). The molecule has 1 heterocycles. The number of benzene rings is 1. The van der Waals surface area contributed by atoms with Gasteiger partial charge in [0, 0.05) is 24.2 Å². The van der Waals surface area contributed by atoms with Crippen molar-refractivity contribution in [3.05, 3.63) is 42.2 Å². The zero-order valence-corrected chi connectivity index (χ0v) is 8.43. The van der Waals surface area contributed by atoms with Crippen LogP contribution in [-0.2, 0) is 0 Å². The predicted octanol–water partition coefficient (Wildman–Crippen LogP) is 1.62. The third-order valence-electron chi connectivity index (χ3n) is 2.50. The number of nitrogens with two attached hydrogens (primary N) is 1. The second kappa shape index (κ2) is 4.38. The van der Waals surface area contributed by atoms with Crippen molar-refractivity contribution in [3.8, 4) is 0 Å². The van der Waals surface area contributed by atoms with Crippen molar-refractivity contribution in [1.82, 2.24) is 4.98 Å². The van der Waals surface area contributed by atoms with E-state index in [2.05, 4.69) is 4.98 Å². The summed E-state index contributed by atoms with van der Waals surface area (Å²) in [6.45, 7) is 0.0894. The van der Waals surface area contributed by atoms with Gasteiger partial charge in [-0.15, -0.1) is 0 Å². The Morgan fingerprint density at radius 3 is 2.87 bits per heavy atom. The molecular formula is C12H14N2O. The van der Waals surface area contributed by atoms with Gasteiger partial charge in [-0.05, 0) is 17.9 Å². The zero-order valence-electron chi connectivity index (χ0n) is 8.43. The minimum atomic E-state index is -0.193. The summed E-state index contributed by atoms with van der Waals surface area (Å²) >= 11 is 0. The Bertz CT molecular complexity index is 451. The maximum atomic E-state index is 8.86. The SMILES string of the molecule is N[C@@H](CCO)c1nccc2ccccc12. The Kier molecular flexibility index (Phi) is 2.94. The first-order valence-electron chi connectivity index (χ1n) is 5.03. The summed E-state index contributed by atoms with van der Waals surface area (Å²) in [7, 11) is 0. The molecule has 0 fully saturated rings. The van der Waals surface area contributed by atoms with Crippen LogP contribution in [0.5, 0.6) is 0 Å². The summed E-state index contributed by atoms with van der Waals surface area (Å²) in [5, 5.41) is 11.1. The van der Waals surface area contributed by atoms with Gasteiger partial charge in [-0.25, -0.2) is 0 Å². The van der Waals surface area contributed by atoms with E-state index in [0.717, 1.165) is 16.5 Å². The van der Waals surface area contributed by atoms with Gasteiger partial charge in [0.05, 0.1) is 5.69 Å². The fourth-order valence-electron chi connectivity index (χ4n) is 1.71. The summed E-state index contributed by atoms with van der Waals surface area (Å²) < 4.78 is 0. The fourth-order valence-corrected chi connectivity index (χ4v) is 1.71. The van der Waals surface area contributed by atoms with E-state index in [1.807, 2.05) is 30.3 Å². The van der Waals surface area contributed by atoms with E-state index in [-0.39, 0.29) is 12.6 Å². The summed E-state index contributed by atoms with van der Waals surface area (Å²) in [5.74, 6) is 0.